The molecular weight excluding hydrogens is 336 g/mol. The second-order valence-corrected chi connectivity index (χ2v) is 7.32. The number of imide groups is 1. The molecule has 8 nitrogen and oxygen atoms in total. The lowest BCUT2D eigenvalue weighted by Gasteiger charge is -2.38. The molecule has 2 aromatic carbocycles. The Hall–Kier alpha value is -3.00. The number of nitrogens with zero attached hydrogens (tertiary/aromatic N) is 3. The summed E-state index contributed by atoms with van der Waals surface area (Å²) in [6, 6.07) is 5.61. The standard InChI is InChI=1S/C18H20N4O4/c1-18(2,20(3)4)9-21-16(23)13-7-11(19)5-10-6-12(22(25)26)8-14(15(10)13)17(21)24/h5-8H,9,19H2,1-4H3. The van der Waals surface area contributed by atoms with E-state index in [9.17, 15) is 19.7 Å². The number of hydrogen-bond acceptors (Lipinski definition) is 6. The lowest BCUT2D eigenvalue weighted by atomic mass is 9.91. The van der Waals surface area contributed by atoms with Crippen LogP contribution in [0.3, 0.4) is 0 Å². The summed E-state index contributed by atoms with van der Waals surface area (Å²) < 4.78 is 0. The van der Waals surface area contributed by atoms with Crippen LogP contribution in [0.5, 0.6) is 0 Å². The molecule has 0 aliphatic carbocycles. The molecule has 26 heavy (non-hydrogen) atoms. The Morgan fingerprint density at radius 3 is 2.23 bits per heavy atom. The normalized spacial score (nSPS) is 14.4. The minimum absolute atomic E-state index is 0.149. The molecule has 0 unspecified atom stereocenters. The summed E-state index contributed by atoms with van der Waals surface area (Å²) in [5, 5.41) is 12.1. The fourth-order valence-corrected chi connectivity index (χ4v) is 3.02. The predicted molar refractivity (Wildman–Crippen MR) is 98.1 cm³/mol. The lowest BCUT2D eigenvalue weighted by Crippen LogP contribution is -2.53. The number of likely N-dealkylation sites (N-methyl/N-ethyl adjacent to an activating group) is 1. The van der Waals surface area contributed by atoms with Crippen LogP contribution in [0.1, 0.15) is 34.6 Å². The molecule has 0 radical (unpaired) electrons. The molecule has 0 aromatic heterocycles. The number of nitrogens with two attached hydrogens (primary N) is 1. The van der Waals surface area contributed by atoms with Crippen LogP contribution in [0, 0.1) is 10.1 Å². The quantitative estimate of drug-likeness (QED) is 0.389. The number of anilines is 1. The molecular formula is C18H20N4O4. The van der Waals surface area contributed by atoms with Crippen LogP contribution in [-0.2, 0) is 0 Å². The molecule has 0 bridgehead atoms. The minimum atomic E-state index is -0.559. The van der Waals surface area contributed by atoms with Crippen molar-refractivity contribution in [2.45, 2.75) is 19.4 Å². The van der Waals surface area contributed by atoms with Crippen LogP contribution in [0.4, 0.5) is 11.4 Å². The van der Waals surface area contributed by atoms with Crippen LogP contribution in [0.15, 0.2) is 24.3 Å². The van der Waals surface area contributed by atoms with Gasteiger partial charge in [0.15, 0.2) is 0 Å². The maximum Gasteiger partial charge on any atom is 0.270 e. The van der Waals surface area contributed by atoms with Crippen molar-refractivity contribution < 1.29 is 14.5 Å². The van der Waals surface area contributed by atoms with Crippen molar-refractivity contribution in [3.8, 4) is 0 Å². The Balaban J connectivity index is 2.24. The fourth-order valence-electron chi connectivity index (χ4n) is 3.02. The number of carbonyl (C=O) groups excluding carboxylic acids is 2. The fraction of sp³-hybridized carbons (Fsp3) is 0.333. The molecule has 2 N–H and O–H groups in total. The Labute approximate surface area is 150 Å². The van der Waals surface area contributed by atoms with Gasteiger partial charge >= 0.3 is 0 Å². The Morgan fingerprint density at radius 2 is 1.69 bits per heavy atom. The van der Waals surface area contributed by atoms with Gasteiger partial charge in [0, 0.05) is 35.3 Å². The zero-order valence-electron chi connectivity index (χ0n) is 15.1. The molecule has 136 valence electrons. The summed E-state index contributed by atoms with van der Waals surface area (Å²) in [5.74, 6) is -0.973. The second kappa shape index (κ2) is 5.77. The van der Waals surface area contributed by atoms with E-state index in [-0.39, 0.29) is 17.8 Å². The molecule has 1 aliphatic heterocycles. The zero-order valence-corrected chi connectivity index (χ0v) is 15.1. The van der Waals surface area contributed by atoms with Gasteiger partial charge in [0.05, 0.1) is 16.1 Å². The summed E-state index contributed by atoms with van der Waals surface area (Å²) in [5.41, 5.74) is 5.96. The smallest absolute Gasteiger partial charge is 0.270 e. The molecule has 0 fully saturated rings. The number of nitrogen functional groups attached to an aromatic ring is 1. The summed E-state index contributed by atoms with van der Waals surface area (Å²) in [4.78, 5) is 39.7. The molecule has 0 spiro atoms. The molecule has 0 atom stereocenters. The van der Waals surface area contributed by atoms with Gasteiger partial charge in [-0.2, -0.15) is 0 Å². The summed E-state index contributed by atoms with van der Waals surface area (Å²) >= 11 is 0. The maximum absolute atomic E-state index is 13.0. The number of hydrogen-bond donors (Lipinski definition) is 1. The number of nitro groups is 1. The van der Waals surface area contributed by atoms with Crippen molar-refractivity contribution >= 4 is 34.0 Å². The average molecular weight is 356 g/mol. The zero-order chi connectivity index (χ0) is 19.4. The van der Waals surface area contributed by atoms with E-state index in [1.54, 1.807) is 0 Å². The highest BCUT2D eigenvalue weighted by Crippen LogP contribution is 2.35. The largest absolute Gasteiger partial charge is 0.399 e. The number of benzene rings is 2. The minimum Gasteiger partial charge on any atom is -0.399 e. The highest BCUT2D eigenvalue weighted by molar-refractivity contribution is 6.26. The number of rotatable bonds is 4. The monoisotopic (exact) mass is 356 g/mol. The Morgan fingerprint density at radius 1 is 1.12 bits per heavy atom. The molecule has 8 heteroatoms. The maximum atomic E-state index is 13.0. The third kappa shape index (κ3) is 2.68. The van der Waals surface area contributed by atoms with E-state index in [1.165, 1.54) is 24.3 Å². The topological polar surface area (TPSA) is 110 Å². The van der Waals surface area contributed by atoms with Crippen molar-refractivity contribution in [1.29, 1.82) is 0 Å². The van der Waals surface area contributed by atoms with E-state index in [4.69, 9.17) is 5.73 Å². The molecule has 1 aliphatic rings. The third-order valence-corrected chi connectivity index (χ3v) is 4.97. The van der Waals surface area contributed by atoms with Crippen LogP contribution in [-0.4, -0.2) is 52.7 Å². The van der Waals surface area contributed by atoms with E-state index >= 15 is 0 Å². The van der Waals surface area contributed by atoms with Gasteiger partial charge in [-0.1, -0.05) is 0 Å². The van der Waals surface area contributed by atoms with E-state index in [0.29, 0.717) is 22.0 Å². The predicted octanol–water partition coefficient (Wildman–Crippen LogP) is 2.27. The molecule has 0 saturated carbocycles. The summed E-state index contributed by atoms with van der Waals surface area (Å²) in [6.45, 7) is 3.97. The number of carbonyl (C=O) groups is 2. The van der Waals surface area contributed by atoms with Crippen LogP contribution in [0.2, 0.25) is 0 Å². The van der Waals surface area contributed by atoms with Crippen molar-refractivity contribution in [1.82, 2.24) is 9.80 Å². The Bertz CT molecular complexity index is 965. The molecule has 2 aromatic rings. The SMILES string of the molecule is CN(C)C(C)(C)CN1C(=O)c2cc(N)cc3cc([N+](=O)[O-])cc(c23)C1=O. The highest BCUT2D eigenvalue weighted by atomic mass is 16.6. The first-order chi connectivity index (χ1) is 12.0. The van der Waals surface area contributed by atoms with Crippen LogP contribution < -0.4 is 5.73 Å². The molecule has 0 saturated heterocycles. The van der Waals surface area contributed by atoms with Gasteiger partial charge in [0.2, 0.25) is 0 Å². The van der Waals surface area contributed by atoms with Gasteiger partial charge < -0.3 is 10.6 Å². The van der Waals surface area contributed by atoms with Gasteiger partial charge in [0.25, 0.3) is 17.5 Å². The third-order valence-electron chi connectivity index (χ3n) is 4.97. The van der Waals surface area contributed by atoms with Gasteiger partial charge in [0.1, 0.15) is 0 Å². The molecule has 1 heterocycles. The van der Waals surface area contributed by atoms with Crippen molar-refractivity contribution in [2.75, 3.05) is 26.4 Å². The van der Waals surface area contributed by atoms with E-state index in [2.05, 4.69) is 0 Å². The Kier molecular flexibility index (Phi) is 3.95. The molecule has 3 rings (SSSR count). The number of non-ortho nitro benzene ring substituents is 1. The summed E-state index contributed by atoms with van der Waals surface area (Å²) in [7, 11) is 3.72. The van der Waals surface area contributed by atoms with Gasteiger partial charge in [-0.3, -0.25) is 24.6 Å². The lowest BCUT2D eigenvalue weighted by molar-refractivity contribution is -0.384. The van der Waals surface area contributed by atoms with E-state index in [0.717, 1.165) is 4.90 Å². The van der Waals surface area contributed by atoms with Gasteiger partial charge in [-0.25, -0.2) is 0 Å². The van der Waals surface area contributed by atoms with Gasteiger partial charge in [-0.15, -0.1) is 0 Å². The van der Waals surface area contributed by atoms with E-state index in [1.807, 2.05) is 32.8 Å². The van der Waals surface area contributed by atoms with Gasteiger partial charge in [-0.05, 0) is 45.5 Å². The average Bonchev–Trinajstić information content (AvgIpc) is 2.55. The van der Waals surface area contributed by atoms with Crippen molar-refractivity contribution in [2.24, 2.45) is 0 Å². The van der Waals surface area contributed by atoms with Crippen LogP contribution in [0.25, 0.3) is 10.8 Å². The first-order valence-corrected chi connectivity index (χ1v) is 8.08. The molecule has 2 amide bonds. The van der Waals surface area contributed by atoms with Crippen molar-refractivity contribution in [3.63, 3.8) is 0 Å². The first kappa shape index (κ1) is 17.8. The number of amides is 2. The second-order valence-electron chi connectivity index (χ2n) is 7.32. The highest BCUT2D eigenvalue weighted by Gasteiger charge is 2.38. The van der Waals surface area contributed by atoms with Crippen molar-refractivity contribution in [3.05, 3.63) is 45.5 Å². The summed E-state index contributed by atoms with van der Waals surface area (Å²) in [6.07, 6.45) is 0. The number of nitro benzene ring substituents is 1. The first-order valence-electron chi connectivity index (χ1n) is 8.08. The van der Waals surface area contributed by atoms with E-state index < -0.39 is 22.3 Å². The van der Waals surface area contributed by atoms with Crippen LogP contribution >= 0.6 is 0 Å².